The van der Waals surface area contributed by atoms with Crippen molar-refractivity contribution in [1.82, 2.24) is 0 Å². The second-order valence-corrected chi connectivity index (χ2v) is 6.27. The third kappa shape index (κ3) is 4.49. The molecule has 120 valence electrons. The Labute approximate surface area is 150 Å². The van der Waals surface area contributed by atoms with Crippen LogP contribution >= 0.6 is 31.9 Å². The number of carbonyl (C=O) groups is 1. The number of esters is 1. The summed E-state index contributed by atoms with van der Waals surface area (Å²) in [4.78, 5) is 11.1. The Bertz CT molecular complexity index is 753. The smallest absolute Gasteiger partial charge is 0.330 e. The first-order valence-electron chi connectivity index (χ1n) is 6.48. The molecule has 0 aliphatic carbocycles. The number of nitrogen functional groups attached to an aromatic ring is 2. The molecular weight excluding hydrogens is 428 g/mol. The van der Waals surface area contributed by atoms with E-state index < -0.39 is 5.97 Å². The number of anilines is 2. The van der Waals surface area contributed by atoms with Crippen LogP contribution in [0.5, 0.6) is 11.5 Å². The van der Waals surface area contributed by atoms with Gasteiger partial charge in [-0.15, -0.1) is 0 Å². The van der Waals surface area contributed by atoms with E-state index in [0.29, 0.717) is 31.8 Å². The van der Waals surface area contributed by atoms with Crippen molar-refractivity contribution < 1.29 is 14.3 Å². The van der Waals surface area contributed by atoms with Crippen molar-refractivity contribution in [1.29, 1.82) is 0 Å². The van der Waals surface area contributed by atoms with E-state index in [1.54, 1.807) is 24.3 Å². The average molecular weight is 442 g/mol. The standard InChI is InChI=1S/C16H14Br2N2O3/c1-22-15(21)5-2-9-6-11(17)16(12(18)7-9)23-10-3-4-13(19)14(20)8-10/h2-8H,19-20H2,1H3. The van der Waals surface area contributed by atoms with Crippen molar-refractivity contribution in [3.8, 4) is 11.5 Å². The zero-order valence-corrected chi connectivity index (χ0v) is 15.3. The molecule has 5 nitrogen and oxygen atoms in total. The molecule has 0 amide bonds. The summed E-state index contributed by atoms with van der Waals surface area (Å²) in [6.07, 6.45) is 2.99. The molecule has 0 fully saturated rings. The van der Waals surface area contributed by atoms with Crippen LogP contribution in [-0.4, -0.2) is 13.1 Å². The Morgan fingerprint density at radius 3 is 2.30 bits per heavy atom. The maximum atomic E-state index is 11.1. The van der Waals surface area contributed by atoms with Gasteiger partial charge in [0.1, 0.15) is 5.75 Å². The lowest BCUT2D eigenvalue weighted by molar-refractivity contribution is -0.134. The quantitative estimate of drug-likeness (QED) is 0.418. The Kier molecular flexibility index (Phi) is 5.68. The molecule has 0 saturated heterocycles. The Balaban J connectivity index is 2.28. The summed E-state index contributed by atoms with van der Waals surface area (Å²) in [5, 5.41) is 0. The lowest BCUT2D eigenvalue weighted by Gasteiger charge is -2.12. The largest absolute Gasteiger partial charge is 0.466 e. The summed E-state index contributed by atoms with van der Waals surface area (Å²) in [6, 6.07) is 8.70. The molecule has 0 atom stereocenters. The highest BCUT2D eigenvalue weighted by molar-refractivity contribution is 9.11. The van der Waals surface area contributed by atoms with Gasteiger partial charge >= 0.3 is 5.97 Å². The van der Waals surface area contributed by atoms with Crippen molar-refractivity contribution >= 4 is 55.3 Å². The summed E-state index contributed by atoms with van der Waals surface area (Å²) in [6.45, 7) is 0. The first-order chi connectivity index (χ1) is 10.9. The van der Waals surface area contributed by atoms with Gasteiger partial charge in [-0.25, -0.2) is 4.79 Å². The van der Waals surface area contributed by atoms with Crippen LogP contribution in [0, 0.1) is 0 Å². The number of rotatable bonds is 4. The molecule has 0 unspecified atom stereocenters. The monoisotopic (exact) mass is 440 g/mol. The number of hydrogen-bond donors (Lipinski definition) is 2. The molecule has 0 bridgehead atoms. The van der Waals surface area contributed by atoms with Crippen molar-refractivity contribution in [2.75, 3.05) is 18.6 Å². The van der Waals surface area contributed by atoms with E-state index in [-0.39, 0.29) is 0 Å². The normalized spacial score (nSPS) is 10.7. The second kappa shape index (κ2) is 7.52. The average Bonchev–Trinajstić information content (AvgIpc) is 2.51. The minimum atomic E-state index is -0.421. The molecule has 2 rings (SSSR count). The number of hydrogen-bond acceptors (Lipinski definition) is 5. The molecule has 4 N–H and O–H groups in total. The van der Waals surface area contributed by atoms with Crippen molar-refractivity contribution in [3.63, 3.8) is 0 Å². The fourth-order valence-corrected chi connectivity index (χ4v) is 3.12. The van der Waals surface area contributed by atoms with E-state index in [2.05, 4.69) is 36.6 Å². The molecule has 0 saturated carbocycles. The van der Waals surface area contributed by atoms with Crippen molar-refractivity contribution in [3.05, 3.63) is 50.9 Å². The molecule has 23 heavy (non-hydrogen) atoms. The molecule has 0 heterocycles. The number of nitrogens with two attached hydrogens (primary N) is 2. The van der Waals surface area contributed by atoms with Gasteiger partial charge in [-0.05, 0) is 67.8 Å². The lowest BCUT2D eigenvalue weighted by atomic mass is 10.2. The third-order valence-corrected chi connectivity index (χ3v) is 4.09. The molecule has 0 radical (unpaired) electrons. The molecule has 2 aromatic rings. The maximum absolute atomic E-state index is 11.1. The number of methoxy groups -OCH3 is 1. The molecule has 0 aliphatic heterocycles. The summed E-state index contributed by atoms with van der Waals surface area (Å²) < 4.78 is 11.8. The van der Waals surface area contributed by atoms with Gasteiger partial charge in [-0.2, -0.15) is 0 Å². The Morgan fingerprint density at radius 1 is 1.09 bits per heavy atom. The fourth-order valence-electron chi connectivity index (χ4n) is 1.74. The van der Waals surface area contributed by atoms with E-state index in [0.717, 1.165) is 5.56 Å². The number of carbonyl (C=O) groups excluding carboxylic acids is 1. The van der Waals surface area contributed by atoms with Crippen LogP contribution in [0.25, 0.3) is 6.08 Å². The lowest BCUT2D eigenvalue weighted by Crippen LogP contribution is -1.95. The van der Waals surface area contributed by atoms with Crippen LogP contribution in [-0.2, 0) is 9.53 Å². The Hall–Kier alpha value is -1.99. The summed E-state index contributed by atoms with van der Waals surface area (Å²) in [7, 11) is 1.33. The SMILES string of the molecule is COC(=O)C=Cc1cc(Br)c(Oc2ccc(N)c(N)c2)c(Br)c1. The highest BCUT2D eigenvalue weighted by Gasteiger charge is 2.10. The minimum Gasteiger partial charge on any atom is -0.466 e. The highest BCUT2D eigenvalue weighted by Crippen LogP contribution is 2.38. The zero-order valence-electron chi connectivity index (χ0n) is 12.2. The van der Waals surface area contributed by atoms with Gasteiger partial charge in [-0.3, -0.25) is 0 Å². The van der Waals surface area contributed by atoms with Crippen LogP contribution in [0.3, 0.4) is 0 Å². The van der Waals surface area contributed by atoms with E-state index in [9.17, 15) is 4.79 Å². The van der Waals surface area contributed by atoms with Gasteiger partial charge in [0, 0.05) is 12.1 Å². The molecule has 0 aromatic heterocycles. The number of benzene rings is 2. The zero-order chi connectivity index (χ0) is 17.0. The van der Waals surface area contributed by atoms with Crippen LogP contribution < -0.4 is 16.2 Å². The molecule has 0 aliphatic rings. The number of ether oxygens (including phenoxy) is 2. The van der Waals surface area contributed by atoms with Crippen LogP contribution in [0.2, 0.25) is 0 Å². The van der Waals surface area contributed by atoms with E-state index >= 15 is 0 Å². The van der Waals surface area contributed by atoms with Gasteiger partial charge in [-0.1, -0.05) is 0 Å². The van der Waals surface area contributed by atoms with Crippen molar-refractivity contribution in [2.45, 2.75) is 0 Å². The van der Waals surface area contributed by atoms with E-state index in [4.69, 9.17) is 16.2 Å². The van der Waals surface area contributed by atoms with E-state index in [1.807, 2.05) is 12.1 Å². The van der Waals surface area contributed by atoms with Crippen LogP contribution in [0.15, 0.2) is 45.4 Å². The highest BCUT2D eigenvalue weighted by atomic mass is 79.9. The van der Waals surface area contributed by atoms with Gasteiger partial charge in [0.15, 0.2) is 5.75 Å². The van der Waals surface area contributed by atoms with Crippen LogP contribution in [0.1, 0.15) is 5.56 Å². The second-order valence-electron chi connectivity index (χ2n) is 4.56. The van der Waals surface area contributed by atoms with E-state index in [1.165, 1.54) is 13.2 Å². The van der Waals surface area contributed by atoms with Gasteiger partial charge in [0.25, 0.3) is 0 Å². The minimum absolute atomic E-state index is 0.421. The first kappa shape index (κ1) is 17.4. The third-order valence-electron chi connectivity index (χ3n) is 2.91. The van der Waals surface area contributed by atoms with Gasteiger partial charge in [0.2, 0.25) is 0 Å². The predicted octanol–water partition coefficient (Wildman–Crippen LogP) is 4.35. The fraction of sp³-hybridized carbons (Fsp3) is 0.0625. The summed E-state index contributed by atoms with van der Waals surface area (Å²) in [5.74, 6) is 0.732. The number of halogens is 2. The van der Waals surface area contributed by atoms with Gasteiger partial charge < -0.3 is 20.9 Å². The molecular formula is C16H14Br2N2O3. The maximum Gasteiger partial charge on any atom is 0.330 e. The predicted molar refractivity (Wildman–Crippen MR) is 98.2 cm³/mol. The van der Waals surface area contributed by atoms with Crippen LogP contribution in [0.4, 0.5) is 11.4 Å². The molecule has 2 aromatic carbocycles. The topological polar surface area (TPSA) is 87.6 Å². The summed E-state index contributed by atoms with van der Waals surface area (Å²) >= 11 is 6.90. The molecule has 7 heteroatoms. The first-order valence-corrected chi connectivity index (χ1v) is 8.07. The van der Waals surface area contributed by atoms with Gasteiger partial charge in [0.05, 0.1) is 27.4 Å². The summed E-state index contributed by atoms with van der Waals surface area (Å²) in [5.41, 5.74) is 13.2. The molecule has 0 spiro atoms. The Morgan fingerprint density at radius 2 is 1.74 bits per heavy atom. The van der Waals surface area contributed by atoms with Crippen molar-refractivity contribution in [2.24, 2.45) is 0 Å².